The Morgan fingerprint density at radius 1 is 0.724 bits per heavy atom. The summed E-state index contributed by atoms with van der Waals surface area (Å²) in [5, 5.41) is 0. The summed E-state index contributed by atoms with van der Waals surface area (Å²) in [4.78, 5) is 0. The molecule has 0 aliphatic rings. The van der Waals surface area contributed by atoms with E-state index in [4.69, 9.17) is 4.74 Å². The zero-order valence-electron chi connectivity index (χ0n) is 20.4. The molecule has 167 valence electrons. The molecule has 1 heteroatoms. The van der Waals surface area contributed by atoms with E-state index in [1.54, 1.807) is 0 Å². The SMILES string of the molecule is [CH2]c1ccc(OCCC(C)CCC[C@H](C)CCC[C@H](C)CCCC(C)C)cc1C. The van der Waals surface area contributed by atoms with E-state index in [1.165, 1.54) is 63.4 Å². The Hall–Kier alpha value is -0.980. The molecule has 1 aromatic carbocycles. The minimum Gasteiger partial charge on any atom is -0.494 e. The van der Waals surface area contributed by atoms with Crippen molar-refractivity contribution >= 4 is 0 Å². The zero-order valence-corrected chi connectivity index (χ0v) is 20.4. The summed E-state index contributed by atoms with van der Waals surface area (Å²) < 4.78 is 5.93. The lowest BCUT2D eigenvalue weighted by atomic mass is 9.91. The first kappa shape index (κ1) is 26.1. The van der Waals surface area contributed by atoms with Crippen molar-refractivity contribution in [3.05, 3.63) is 36.2 Å². The Morgan fingerprint density at radius 3 is 1.69 bits per heavy atom. The molecule has 1 aromatic rings. The van der Waals surface area contributed by atoms with Gasteiger partial charge in [0.2, 0.25) is 0 Å². The second-order valence-electron chi connectivity index (χ2n) is 10.2. The number of benzene rings is 1. The summed E-state index contributed by atoms with van der Waals surface area (Å²) in [5.74, 6) is 4.38. The minimum atomic E-state index is 0.747. The van der Waals surface area contributed by atoms with Crippen molar-refractivity contribution in [3.63, 3.8) is 0 Å². The molecule has 0 N–H and O–H groups in total. The average molecular weight is 402 g/mol. The van der Waals surface area contributed by atoms with E-state index in [9.17, 15) is 0 Å². The number of ether oxygens (including phenoxy) is 1. The van der Waals surface area contributed by atoms with Crippen LogP contribution in [0.3, 0.4) is 0 Å². The molecule has 0 heterocycles. The van der Waals surface area contributed by atoms with E-state index in [2.05, 4.69) is 54.5 Å². The van der Waals surface area contributed by atoms with Gasteiger partial charge in [0.05, 0.1) is 6.61 Å². The van der Waals surface area contributed by atoms with E-state index in [-0.39, 0.29) is 0 Å². The smallest absolute Gasteiger partial charge is 0.119 e. The summed E-state index contributed by atoms with van der Waals surface area (Å²) in [5.41, 5.74) is 2.29. The van der Waals surface area contributed by atoms with Crippen LogP contribution in [-0.2, 0) is 0 Å². The van der Waals surface area contributed by atoms with Gasteiger partial charge in [-0.1, -0.05) is 98.5 Å². The highest BCUT2D eigenvalue weighted by Gasteiger charge is 2.08. The predicted molar refractivity (Wildman–Crippen MR) is 130 cm³/mol. The van der Waals surface area contributed by atoms with Crippen molar-refractivity contribution in [2.45, 2.75) is 106 Å². The normalized spacial score (nSPS) is 14.8. The lowest BCUT2D eigenvalue weighted by Crippen LogP contribution is -2.05. The maximum Gasteiger partial charge on any atom is 0.119 e. The van der Waals surface area contributed by atoms with Crippen LogP contribution in [0.15, 0.2) is 18.2 Å². The summed E-state index contributed by atoms with van der Waals surface area (Å²) in [6.45, 7) is 18.9. The fraction of sp³-hybridized carbons (Fsp3) is 0.750. The quantitative estimate of drug-likeness (QED) is 0.268. The number of aryl methyl sites for hydroxylation is 1. The zero-order chi connectivity index (χ0) is 21.6. The molecule has 0 amide bonds. The van der Waals surface area contributed by atoms with E-state index in [0.717, 1.165) is 48.0 Å². The highest BCUT2D eigenvalue weighted by molar-refractivity contribution is 5.36. The molecule has 0 bridgehead atoms. The topological polar surface area (TPSA) is 9.23 Å². The first-order chi connectivity index (χ1) is 13.8. The van der Waals surface area contributed by atoms with Crippen LogP contribution in [0.1, 0.15) is 110 Å². The highest BCUT2D eigenvalue weighted by Crippen LogP contribution is 2.23. The average Bonchev–Trinajstić information content (AvgIpc) is 2.64. The summed E-state index contributed by atoms with van der Waals surface area (Å²) in [6, 6.07) is 6.18. The number of rotatable bonds is 16. The Bertz CT molecular complexity index is 533. The van der Waals surface area contributed by atoms with Gasteiger partial charge in [0.25, 0.3) is 0 Å². The molecule has 0 aliphatic heterocycles. The predicted octanol–water partition coefficient (Wildman–Crippen LogP) is 9.02. The molecule has 3 atom stereocenters. The maximum atomic E-state index is 5.93. The Balaban J connectivity index is 2.03. The Morgan fingerprint density at radius 2 is 1.21 bits per heavy atom. The van der Waals surface area contributed by atoms with Gasteiger partial charge in [0.15, 0.2) is 0 Å². The van der Waals surface area contributed by atoms with Crippen molar-refractivity contribution in [3.8, 4) is 5.75 Å². The third-order valence-corrected chi connectivity index (χ3v) is 6.46. The molecule has 0 saturated heterocycles. The van der Waals surface area contributed by atoms with Crippen LogP contribution in [0.25, 0.3) is 0 Å². The molecule has 0 fully saturated rings. The molecule has 0 aromatic heterocycles. The highest BCUT2D eigenvalue weighted by atomic mass is 16.5. The van der Waals surface area contributed by atoms with Gasteiger partial charge in [-0.25, -0.2) is 0 Å². The van der Waals surface area contributed by atoms with E-state index in [0.29, 0.717) is 0 Å². The van der Waals surface area contributed by atoms with Gasteiger partial charge < -0.3 is 4.74 Å². The minimum absolute atomic E-state index is 0.747. The van der Waals surface area contributed by atoms with Crippen LogP contribution < -0.4 is 4.74 Å². The lowest BCUT2D eigenvalue weighted by Gasteiger charge is -2.16. The molecule has 1 rings (SSSR count). The van der Waals surface area contributed by atoms with Gasteiger partial charge in [-0.15, -0.1) is 0 Å². The number of hydrogen-bond donors (Lipinski definition) is 0. The van der Waals surface area contributed by atoms with E-state index >= 15 is 0 Å². The first-order valence-electron chi connectivity index (χ1n) is 12.3. The van der Waals surface area contributed by atoms with Gasteiger partial charge in [-0.3, -0.25) is 0 Å². The summed E-state index contributed by atoms with van der Waals surface area (Å²) >= 11 is 0. The maximum absolute atomic E-state index is 5.93. The van der Waals surface area contributed by atoms with Crippen molar-refractivity contribution < 1.29 is 4.74 Å². The molecule has 1 nitrogen and oxygen atoms in total. The molecule has 0 aliphatic carbocycles. The molecule has 1 unspecified atom stereocenters. The van der Waals surface area contributed by atoms with Crippen molar-refractivity contribution in [2.75, 3.05) is 6.61 Å². The van der Waals surface area contributed by atoms with Crippen molar-refractivity contribution in [1.29, 1.82) is 0 Å². The fourth-order valence-corrected chi connectivity index (χ4v) is 4.07. The molecule has 0 spiro atoms. The van der Waals surface area contributed by atoms with Crippen LogP contribution in [0, 0.1) is 37.5 Å². The molecule has 1 radical (unpaired) electrons. The second kappa shape index (κ2) is 14.9. The second-order valence-corrected chi connectivity index (χ2v) is 10.2. The van der Waals surface area contributed by atoms with Gasteiger partial charge in [-0.05, 0) is 67.2 Å². The summed E-state index contributed by atoms with van der Waals surface area (Å²) in [7, 11) is 0. The van der Waals surface area contributed by atoms with Gasteiger partial charge in [0.1, 0.15) is 5.75 Å². The third kappa shape index (κ3) is 13.0. The summed E-state index contributed by atoms with van der Waals surface area (Å²) in [6.07, 6.45) is 13.7. The van der Waals surface area contributed by atoms with Gasteiger partial charge >= 0.3 is 0 Å². The lowest BCUT2D eigenvalue weighted by molar-refractivity contribution is 0.274. The van der Waals surface area contributed by atoms with E-state index < -0.39 is 0 Å². The molecule has 0 saturated carbocycles. The first-order valence-corrected chi connectivity index (χ1v) is 12.3. The van der Waals surface area contributed by atoms with Gasteiger partial charge in [0, 0.05) is 0 Å². The fourth-order valence-electron chi connectivity index (χ4n) is 4.07. The van der Waals surface area contributed by atoms with Crippen molar-refractivity contribution in [1.82, 2.24) is 0 Å². The largest absolute Gasteiger partial charge is 0.494 e. The van der Waals surface area contributed by atoms with Crippen LogP contribution >= 0.6 is 0 Å². The standard InChI is InChI=1S/C28H49O/c1-22(2)11-8-12-23(3)13-9-14-24(4)15-10-16-25(5)19-20-29-28-18-17-26(6)27(7)21-28/h17-18,21-25H,6,8-16,19-20H2,1-5,7H3/t23-,24-,25?/m1/s1. The van der Waals surface area contributed by atoms with E-state index in [1.807, 2.05) is 12.1 Å². The third-order valence-electron chi connectivity index (χ3n) is 6.46. The van der Waals surface area contributed by atoms with Crippen LogP contribution in [-0.4, -0.2) is 6.61 Å². The van der Waals surface area contributed by atoms with Crippen LogP contribution in [0.5, 0.6) is 5.75 Å². The number of hydrogen-bond acceptors (Lipinski definition) is 1. The van der Waals surface area contributed by atoms with Crippen molar-refractivity contribution in [2.24, 2.45) is 23.7 Å². The Labute approximate surface area is 183 Å². The van der Waals surface area contributed by atoms with Crippen LogP contribution in [0.4, 0.5) is 0 Å². The van der Waals surface area contributed by atoms with Crippen LogP contribution in [0.2, 0.25) is 0 Å². The molecule has 29 heavy (non-hydrogen) atoms. The monoisotopic (exact) mass is 401 g/mol. The Kier molecular flexibility index (Phi) is 13.4. The van der Waals surface area contributed by atoms with Gasteiger partial charge in [-0.2, -0.15) is 0 Å². The molecular formula is C28H49O. The molecular weight excluding hydrogens is 352 g/mol.